The Morgan fingerprint density at radius 2 is 0.423 bits per heavy atom. The minimum absolute atomic E-state index is 0.286. The molecule has 0 radical (unpaired) electrons. The van der Waals surface area contributed by atoms with Crippen molar-refractivity contribution in [3.05, 3.63) is 0 Å². The van der Waals surface area contributed by atoms with Crippen LogP contribution in [0.25, 0.3) is 0 Å². The Kier molecular flexibility index (Phi) is 24.2. The molecular formula is C16H34O10. The number of aliphatic hydroxyl groups excluding tert-OH is 2. The minimum Gasteiger partial charge on any atom is -0.377 e. The molecule has 0 aromatic rings. The molecule has 0 amide bonds. The lowest BCUT2D eigenvalue weighted by atomic mass is 10.6. The summed E-state index contributed by atoms with van der Waals surface area (Å²) in [6.07, 6.45) is 0. The van der Waals surface area contributed by atoms with Crippen LogP contribution in [-0.4, -0.2) is 116 Å². The standard InChI is InChI=1S/C16H34O10/c17-15-25-13-11-23-9-7-21-5-3-19-1-2-20-4-6-22-8-10-24-12-14-26-16-18/h17-18H,1-16H2. The van der Waals surface area contributed by atoms with Crippen LogP contribution in [0.15, 0.2) is 0 Å². The van der Waals surface area contributed by atoms with E-state index in [9.17, 15) is 0 Å². The quantitative estimate of drug-likeness (QED) is 0.168. The van der Waals surface area contributed by atoms with Gasteiger partial charge in [-0.15, -0.1) is 0 Å². The van der Waals surface area contributed by atoms with Gasteiger partial charge in [0.2, 0.25) is 0 Å². The van der Waals surface area contributed by atoms with E-state index in [0.717, 1.165) is 0 Å². The van der Waals surface area contributed by atoms with Crippen molar-refractivity contribution < 1.29 is 48.1 Å². The van der Waals surface area contributed by atoms with Crippen molar-refractivity contribution >= 4 is 0 Å². The van der Waals surface area contributed by atoms with Crippen LogP contribution in [0, 0.1) is 0 Å². The number of aliphatic hydroxyl groups is 2. The molecule has 0 aliphatic carbocycles. The predicted molar refractivity (Wildman–Crippen MR) is 91.0 cm³/mol. The first-order valence-corrected chi connectivity index (χ1v) is 8.75. The molecule has 0 aliphatic heterocycles. The van der Waals surface area contributed by atoms with E-state index in [1.165, 1.54) is 0 Å². The molecule has 2 N–H and O–H groups in total. The second-order valence-corrected chi connectivity index (χ2v) is 4.75. The Morgan fingerprint density at radius 1 is 0.269 bits per heavy atom. The molecule has 10 heteroatoms. The Balaban J connectivity index is 2.95. The minimum atomic E-state index is -0.286. The smallest absolute Gasteiger partial charge is 0.143 e. The molecule has 0 spiro atoms. The lowest BCUT2D eigenvalue weighted by molar-refractivity contribution is -0.0441. The number of rotatable bonds is 23. The lowest BCUT2D eigenvalue weighted by Crippen LogP contribution is -2.15. The predicted octanol–water partition coefficient (Wildman–Crippen LogP) is -0.981. The van der Waals surface area contributed by atoms with Gasteiger partial charge in [0.15, 0.2) is 0 Å². The van der Waals surface area contributed by atoms with Crippen LogP contribution in [0.2, 0.25) is 0 Å². The molecule has 10 nitrogen and oxygen atoms in total. The highest BCUT2D eigenvalue weighted by Gasteiger charge is 1.94. The van der Waals surface area contributed by atoms with Crippen LogP contribution >= 0.6 is 0 Å². The van der Waals surface area contributed by atoms with Crippen molar-refractivity contribution in [3.63, 3.8) is 0 Å². The zero-order valence-electron chi connectivity index (χ0n) is 15.5. The Bertz CT molecular complexity index is 221. The maximum atomic E-state index is 8.39. The maximum absolute atomic E-state index is 8.39. The maximum Gasteiger partial charge on any atom is 0.143 e. The van der Waals surface area contributed by atoms with E-state index >= 15 is 0 Å². The van der Waals surface area contributed by atoms with E-state index in [1.54, 1.807) is 0 Å². The highest BCUT2D eigenvalue weighted by atomic mass is 16.6. The molecule has 0 aliphatic rings. The molecule has 0 saturated heterocycles. The van der Waals surface area contributed by atoms with Crippen molar-refractivity contribution in [2.24, 2.45) is 0 Å². The number of hydrogen-bond acceptors (Lipinski definition) is 10. The fraction of sp³-hybridized carbons (Fsp3) is 1.00. The summed E-state index contributed by atoms with van der Waals surface area (Å²) in [4.78, 5) is 0. The molecule has 0 rings (SSSR count). The summed E-state index contributed by atoms with van der Waals surface area (Å²) < 4.78 is 41.2. The first-order valence-electron chi connectivity index (χ1n) is 8.75. The lowest BCUT2D eigenvalue weighted by Gasteiger charge is -2.08. The van der Waals surface area contributed by atoms with Gasteiger partial charge >= 0.3 is 0 Å². The van der Waals surface area contributed by atoms with Crippen molar-refractivity contribution in [1.82, 2.24) is 0 Å². The molecule has 0 heterocycles. The molecule has 0 aromatic heterocycles. The summed E-state index contributed by atoms with van der Waals surface area (Å²) >= 11 is 0. The van der Waals surface area contributed by atoms with Gasteiger partial charge in [-0.2, -0.15) is 0 Å². The summed E-state index contributed by atoms with van der Waals surface area (Å²) in [6.45, 7) is 6.04. The first-order chi connectivity index (χ1) is 12.9. The van der Waals surface area contributed by atoms with Gasteiger partial charge < -0.3 is 48.1 Å². The molecule has 0 bridgehead atoms. The fourth-order valence-electron chi connectivity index (χ4n) is 1.57. The summed E-state index contributed by atoms with van der Waals surface area (Å²) in [6, 6.07) is 0. The SMILES string of the molecule is OCOCCOCCOCCOCCOCCOCCOCCOCO. The van der Waals surface area contributed by atoms with E-state index in [2.05, 4.69) is 0 Å². The Morgan fingerprint density at radius 3 is 0.577 bits per heavy atom. The van der Waals surface area contributed by atoms with Gasteiger partial charge in [0.05, 0.1) is 92.5 Å². The topological polar surface area (TPSA) is 114 Å². The van der Waals surface area contributed by atoms with Crippen LogP contribution in [0.4, 0.5) is 0 Å². The zero-order chi connectivity index (χ0) is 19.0. The van der Waals surface area contributed by atoms with Crippen LogP contribution < -0.4 is 0 Å². The van der Waals surface area contributed by atoms with Crippen LogP contribution in [0.1, 0.15) is 0 Å². The average molecular weight is 386 g/mol. The van der Waals surface area contributed by atoms with E-state index in [4.69, 9.17) is 48.1 Å². The van der Waals surface area contributed by atoms with E-state index < -0.39 is 0 Å². The van der Waals surface area contributed by atoms with E-state index in [1.807, 2.05) is 0 Å². The van der Waals surface area contributed by atoms with Crippen LogP contribution in [-0.2, 0) is 37.9 Å². The highest BCUT2D eigenvalue weighted by molar-refractivity contribution is 4.37. The van der Waals surface area contributed by atoms with E-state index in [0.29, 0.717) is 92.5 Å². The monoisotopic (exact) mass is 386 g/mol. The highest BCUT2D eigenvalue weighted by Crippen LogP contribution is 1.85. The van der Waals surface area contributed by atoms with Gasteiger partial charge in [0.25, 0.3) is 0 Å². The molecule has 158 valence electrons. The van der Waals surface area contributed by atoms with Crippen molar-refractivity contribution in [2.75, 3.05) is 106 Å². The summed E-state index contributed by atoms with van der Waals surface area (Å²) in [5, 5.41) is 16.8. The third-order valence-electron chi connectivity index (χ3n) is 2.79. The Labute approximate surface area is 155 Å². The molecule has 0 unspecified atom stereocenters. The largest absolute Gasteiger partial charge is 0.377 e. The summed E-state index contributed by atoms with van der Waals surface area (Å²) in [7, 11) is 0. The normalized spacial score (nSPS) is 11.3. The Hall–Kier alpha value is -0.400. The molecule has 0 saturated carbocycles. The number of ether oxygens (including phenoxy) is 8. The van der Waals surface area contributed by atoms with Gasteiger partial charge in [0.1, 0.15) is 13.6 Å². The molecule has 0 aromatic carbocycles. The molecule has 0 fully saturated rings. The number of hydrogen-bond donors (Lipinski definition) is 2. The second-order valence-electron chi connectivity index (χ2n) is 4.75. The van der Waals surface area contributed by atoms with Gasteiger partial charge in [-0.05, 0) is 0 Å². The fourth-order valence-corrected chi connectivity index (χ4v) is 1.57. The van der Waals surface area contributed by atoms with Gasteiger partial charge in [-0.1, -0.05) is 0 Å². The molecule has 0 atom stereocenters. The third kappa shape index (κ3) is 23.6. The zero-order valence-corrected chi connectivity index (χ0v) is 15.5. The van der Waals surface area contributed by atoms with Crippen molar-refractivity contribution in [1.29, 1.82) is 0 Å². The van der Waals surface area contributed by atoms with Gasteiger partial charge in [-0.25, -0.2) is 0 Å². The summed E-state index contributed by atoms with van der Waals surface area (Å²) in [5.41, 5.74) is 0. The van der Waals surface area contributed by atoms with Crippen LogP contribution in [0.5, 0.6) is 0 Å². The van der Waals surface area contributed by atoms with Crippen molar-refractivity contribution in [3.8, 4) is 0 Å². The van der Waals surface area contributed by atoms with Crippen molar-refractivity contribution in [2.45, 2.75) is 0 Å². The summed E-state index contributed by atoms with van der Waals surface area (Å²) in [5.74, 6) is 0. The van der Waals surface area contributed by atoms with Gasteiger partial charge in [-0.3, -0.25) is 0 Å². The van der Waals surface area contributed by atoms with Gasteiger partial charge in [0, 0.05) is 0 Å². The molecular weight excluding hydrogens is 352 g/mol. The van der Waals surface area contributed by atoms with E-state index in [-0.39, 0.29) is 13.6 Å². The molecule has 26 heavy (non-hydrogen) atoms. The second kappa shape index (κ2) is 24.6. The average Bonchev–Trinajstić information content (AvgIpc) is 2.66. The van der Waals surface area contributed by atoms with Crippen LogP contribution in [0.3, 0.4) is 0 Å². The third-order valence-corrected chi connectivity index (χ3v) is 2.79. The first kappa shape index (κ1) is 25.6.